The summed E-state index contributed by atoms with van der Waals surface area (Å²) in [6.07, 6.45) is -7.63. The number of H-pyrrole nitrogens is 1. The summed E-state index contributed by atoms with van der Waals surface area (Å²) in [5, 5.41) is 0. The monoisotopic (exact) mass is 630 g/mol. The third-order valence-corrected chi connectivity index (χ3v) is 7.65. The van der Waals surface area contributed by atoms with E-state index in [1.165, 1.54) is 6.20 Å². The number of hydrogen-bond donors (Lipinski definition) is 1. The molecule has 12 nitrogen and oxygen atoms in total. The average Bonchev–Trinajstić information content (AvgIpc) is 3.59. The van der Waals surface area contributed by atoms with Crippen molar-refractivity contribution in [2.45, 2.75) is 75.2 Å². The summed E-state index contributed by atoms with van der Waals surface area (Å²) in [5.41, 5.74) is -0.420. The van der Waals surface area contributed by atoms with Crippen molar-refractivity contribution in [1.29, 1.82) is 0 Å². The van der Waals surface area contributed by atoms with E-state index in [1.54, 1.807) is 74.5 Å². The molecule has 3 aromatic rings. The largest absolute Gasteiger partial charge is 0.459 e. The predicted molar refractivity (Wildman–Crippen MR) is 150 cm³/mol. The number of halogens is 2. The number of aromatic nitrogens is 2. The summed E-state index contributed by atoms with van der Waals surface area (Å²) in [4.78, 5) is 38.8. The maximum Gasteiger partial charge on any atom is 0.338 e. The van der Waals surface area contributed by atoms with Crippen molar-refractivity contribution < 1.29 is 46.7 Å². The Morgan fingerprint density at radius 1 is 0.889 bits per heavy atom. The highest BCUT2D eigenvalue weighted by Crippen LogP contribution is 2.44. The van der Waals surface area contributed by atoms with Gasteiger partial charge in [0.05, 0.1) is 18.8 Å². The molecule has 3 aliphatic rings. The van der Waals surface area contributed by atoms with E-state index in [4.69, 9.17) is 33.2 Å². The molecular formula is C31H32F2N2O10. The molecule has 4 heterocycles. The van der Waals surface area contributed by atoms with Crippen molar-refractivity contribution in [3.05, 3.63) is 105 Å². The quantitative estimate of drug-likeness (QED) is 0.333. The Kier molecular flexibility index (Phi) is 8.70. The van der Waals surface area contributed by atoms with Crippen molar-refractivity contribution in [2.24, 2.45) is 0 Å². The number of rotatable bonds is 10. The van der Waals surface area contributed by atoms with Crippen LogP contribution in [0.25, 0.3) is 0 Å². The van der Waals surface area contributed by atoms with E-state index in [0.717, 1.165) is 10.6 Å². The van der Waals surface area contributed by atoms with Gasteiger partial charge in [-0.15, -0.1) is 0 Å². The van der Waals surface area contributed by atoms with Crippen molar-refractivity contribution in [1.82, 2.24) is 9.55 Å². The van der Waals surface area contributed by atoms with E-state index in [1.807, 2.05) is 0 Å². The third kappa shape index (κ3) is 6.61. The van der Waals surface area contributed by atoms with Crippen LogP contribution in [0.1, 0.15) is 36.0 Å². The number of ether oxygens (including phenoxy) is 7. The Bertz CT molecular complexity index is 1600. The molecular weight excluding hydrogens is 598 g/mol. The number of carbonyl (C=O) groups excluding carboxylic acids is 1. The maximum atomic E-state index is 15.9. The van der Waals surface area contributed by atoms with Crippen LogP contribution < -0.4 is 11.2 Å². The van der Waals surface area contributed by atoms with E-state index in [2.05, 4.69) is 4.98 Å². The number of alkyl halides is 2. The fourth-order valence-corrected chi connectivity index (χ4v) is 5.60. The summed E-state index contributed by atoms with van der Waals surface area (Å²) in [5.74, 6) is -5.44. The van der Waals surface area contributed by atoms with Crippen LogP contribution in [0, 0.1) is 0 Å². The van der Waals surface area contributed by atoms with Gasteiger partial charge in [-0.25, -0.2) is 9.59 Å². The lowest BCUT2D eigenvalue weighted by Crippen LogP contribution is -2.45. The number of benzene rings is 2. The molecule has 3 aliphatic heterocycles. The van der Waals surface area contributed by atoms with Crippen LogP contribution in [0.2, 0.25) is 0 Å². The molecule has 0 aliphatic carbocycles. The first-order valence-corrected chi connectivity index (χ1v) is 14.4. The minimum Gasteiger partial charge on any atom is -0.459 e. The Labute approximate surface area is 255 Å². The van der Waals surface area contributed by atoms with Gasteiger partial charge in [-0.2, -0.15) is 8.78 Å². The van der Waals surface area contributed by atoms with Gasteiger partial charge in [0.15, 0.2) is 18.1 Å². The molecule has 2 aromatic carbocycles. The van der Waals surface area contributed by atoms with Crippen molar-refractivity contribution in [3.8, 4) is 0 Å². The molecule has 0 amide bonds. The number of hydrogen-bond acceptors (Lipinski definition) is 10. The lowest BCUT2D eigenvalue weighted by molar-refractivity contribution is -0.249. The van der Waals surface area contributed by atoms with Gasteiger partial charge >= 0.3 is 17.6 Å². The van der Waals surface area contributed by atoms with Crippen LogP contribution >= 0.6 is 0 Å². The van der Waals surface area contributed by atoms with Crippen LogP contribution in [0.3, 0.4) is 0 Å². The van der Waals surface area contributed by atoms with Gasteiger partial charge in [0.2, 0.25) is 6.29 Å². The predicted octanol–water partition coefficient (Wildman–Crippen LogP) is 2.77. The standard InChI is InChI=1S/C31H32F2N2O10/c1-30(2)44-23-20(42-26(24(23)45-30)35-14-13-22(36)34-29(35)38)16-41-28-31(32,33)25(39-15-18-9-5-3-6-10-18)21(43-28)17-40-27(37)19-11-7-4-8-12-19/h3-14,20-21,23-26,28H,15-17H2,1-2H3,(H,34,36,38)/t20-,21-,23-,24-,25-,26-,28?/m1/s1. The molecule has 1 N–H and O–H groups in total. The molecule has 14 heteroatoms. The van der Waals surface area contributed by atoms with Crippen molar-refractivity contribution >= 4 is 5.97 Å². The van der Waals surface area contributed by atoms with Crippen LogP contribution in [-0.4, -0.2) is 77.3 Å². The smallest absolute Gasteiger partial charge is 0.338 e. The second-order valence-corrected chi connectivity index (χ2v) is 11.3. The molecule has 45 heavy (non-hydrogen) atoms. The highest BCUT2D eigenvalue weighted by molar-refractivity contribution is 5.89. The number of carbonyl (C=O) groups is 1. The minimum absolute atomic E-state index is 0.147. The Morgan fingerprint density at radius 3 is 2.29 bits per heavy atom. The molecule has 3 saturated heterocycles. The zero-order chi connectivity index (χ0) is 31.8. The molecule has 0 saturated carbocycles. The average molecular weight is 631 g/mol. The number of nitrogens with one attached hydrogen (secondary N) is 1. The van der Waals surface area contributed by atoms with E-state index in [0.29, 0.717) is 5.56 Å². The highest BCUT2D eigenvalue weighted by atomic mass is 19.3. The summed E-state index contributed by atoms with van der Waals surface area (Å²) in [6, 6.07) is 18.0. The van der Waals surface area contributed by atoms with Crippen LogP contribution in [0.4, 0.5) is 8.78 Å². The van der Waals surface area contributed by atoms with Gasteiger partial charge < -0.3 is 33.2 Å². The molecule has 240 valence electrons. The SMILES string of the molecule is CC1(C)O[C@@H]2[C@H](O1)[C@@H](COC1O[C@H](COC(=O)c3ccccc3)[C@@H](OCc3ccccc3)C1(F)F)O[C@H]2n1ccc(=O)[nH]c1=O. The molecule has 3 fully saturated rings. The van der Waals surface area contributed by atoms with Crippen LogP contribution in [0.5, 0.6) is 0 Å². The summed E-state index contributed by atoms with van der Waals surface area (Å²) in [7, 11) is 0. The zero-order valence-corrected chi connectivity index (χ0v) is 24.4. The molecule has 0 spiro atoms. The minimum atomic E-state index is -3.67. The highest BCUT2D eigenvalue weighted by Gasteiger charge is 2.62. The first-order chi connectivity index (χ1) is 21.5. The first kappa shape index (κ1) is 31.2. The van der Waals surface area contributed by atoms with E-state index in [-0.39, 0.29) is 12.2 Å². The third-order valence-electron chi connectivity index (χ3n) is 7.65. The van der Waals surface area contributed by atoms with Gasteiger partial charge in [-0.3, -0.25) is 14.3 Å². The second kappa shape index (κ2) is 12.5. The van der Waals surface area contributed by atoms with Crippen molar-refractivity contribution in [3.63, 3.8) is 0 Å². The van der Waals surface area contributed by atoms with Gasteiger partial charge in [0.1, 0.15) is 31.0 Å². The summed E-state index contributed by atoms with van der Waals surface area (Å²) < 4.78 is 73.1. The van der Waals surface area contributed by atoms with Gasteiger partial charge in [0, 0.05) is 12.3 Å². The normalized spacial score (nSPS) is 29.8. The fraction of sp³-hybridized carbons (Fsp3) is 0.452. The summed E-state index contributed by atoms with van der Waals surface area (Å²) in [6.45, 7) is 2.24. The molecule has 0 radical (unpaired) electrons. The Hall–Kier alpha value is -3.79. The van der Waals surface area contributed by atoms with Crippen LogP contribution in [0.15, 0.2) is 82.5 Å². The molecule has 1 unspecified atom stereocenters. The number of nitrogens with zero attached hydrogens (tertiary/aromatic N) is 1. The Balaban J connectivity index is 1.17. The second-order valence-electron chi connectivity index (χ2n) is 11.3. The summed E-state index contributed by atoms with van der Waals surface area (Å²) >= 11 is 0. The Morgan fingerprint density at radius 2 is 1.58 bits per heavy atom. The lowest BCUT2D eigenvalue weighted by Gasteiger charge is -2.26. The molecule has 6 rings (SSSR count). The maximum absolute atomic E-state index is 15.9. The molecule has 7 atom stereocenters. The van der Waals surface area contributed by atoms with Crippen molar-refractivity contribution in [2.75, 3.05) is 13.2 Å². The topological polar surface area (TPSA) is 137 Å². The van der Waals surface area contributed by atoms with Gasteiger partial charge in [-0.1, -0.05) is 48.5 Å². The van der Waals surface area contributed by atoms with Crippen LogP contribution in [-0.2, 0) is 39.8 Å². The molecule has 0 bridgehead atoms. The van der Waals surface area contributed by atoms with Gasteiger partial charge in [-0.05, 0) is 31.5 Å². The first-order valence-electron chi connectivity index (χ1n) is 14.4. The van der Waals surface area contributed by atoms with E-state index < -0.39 is 85.2 Å². The fourth-order valence-electron chi connectivity index (χ4n) is 5.60. The molecule has 1 aromatic heterocycles. The van der Waals surface area contributed by atoms with Gasteiger partial charge in [0.25, 0.3) is 5.56 Å². The zero-order valence-electron chi connectivity index (χ0n) is 24.4. The number of aromatic amines is 1. The number of fused-ring (bicyclic) bond motifs is 1. The lowest BCUT2D eigenvalue weighted by atomic mass is 10.1. The van der Waals surface area contributed by atoms with E-state index in [9.17, 15) is 14.4 Å². The number of esters is 1. The van der Waals surface area contributed by atoms with E-state index >= 15 is 8.78 Å².